The number of nitrogens with zero attached hydrogens (tertiary/aromatic N) is 1. The van der Waals surface area contributed by atoms with E-state index in [9.17, 15) is 28.1 Å². The van der Waals surface area contributed by atoms with E-state index in [1.165, 1.54) is 0 Å². The zero-order valence-corrected chi connectivity index (χ0v) is 13.6. The third-order valence-corrected chi connectivity index (χ3v) is 4.75. The van der Waals surface area contributed by atoms with Gasteiger partial charge in [-0.1, -0.05) is 12.8 Å². The van der Waals surface area contributed by atoms with Crippen LogP contribution in [0.25, 0.3) is 0 Å². The van der Waals surface area contributed by atoms with Crippen molar-refractivity contribution in [1.29, 1.82) is 0 Å². The summed E-state index contributed by atoms with van der Waals surface area (Å²) in [6.45, 7) is 0. The molecule has 0 spiro atoms. The molecule has 130 valence electrons. The molecular formula is C14H16N2O7S. The van der Waals surface area contributed by atoms with Gasteiger partial charge in [-0.2, -0.15) is 0 Å². The number of benzene rings is 1. The largest absolute Gasteiger partial charge is 0.480 e. The lowest BCUT2D eigenvalue weighted by molar-refractivity contribution is -0.385. The number of sulfone groups is 1. The quantitative estimate of drug-likeness (QED) is 0.547. The number of carbonyl (C=O) groups is 2. The Morgan fingerprint density at radius 2 is 2.00 bits per heavy atom. The van der Waals surface area contributed by atoms with Crippen molar-refractivity contribution in [3.05, 3.63) is 33.9 Å². The lowest BCUT2D eigenvalue weighted by Gasteiger charge is -2.14. The first-order chi connectivity index (χ1) is 11.1. The number of amides is 1. The number of nitrogens with one attached hydrogen (secondary N) is 1. The summed E-state index contributed by atoms with van der Waals surface area (Å²) in [6.07, 6.45) is 2.93. The van der Waals surface area contributed by atoms with Crippen LogP contribution in [0.2, 0.25) is 0 Å². The molecule has 1 fully saturated rings. The summed E-state index contributed by atoms with van der Waals surface area (Å²) in [6, 6.07) is 1.64. The van der Waals surface area contributed by atoms with Gasteiger partial charge in [0.15, 0.2) is 9.84 Å². The third kappa shape index (κ3) is 4.51. The van der Waals surface area contributed by atoms with Crippen molar-refractivity contribution in [2.45, 2.75) is 30.2 Å². The van der Waals surface area contributed by atoms with Crippen molar-refractivity contribution < 1.29 is 28.0 Å². The Morgan fingerprint density at radius 3 is 2.46 bits per heavy atom. The molecule has 0 bridgehead atoms. The fraction of sp³-hybridized carbons (Fsp3) is 0.429. The molecule has 2 N–H and O–H groups in total. The summed E-state index contributed by atoms with van der Waals surface area (Å²) in [5.41, 5.74) is -0.830. The summed E-state index contributed by atoms with van der Waals surface area (Å²) >= 11 is 0. The van der Waals surface area contributed by atoms with Crippen molar-refractivity contribution in [1.82, 2.24) is 5.32 Å². The van der Waals surface area contributed by atoms with E-state index in [1.807, 2.05) is 0 Å². The van der Waals surface area contributed by atoms with E-state index in [-0.39, 0.29) is 22.8 Å². The normalized spacial score (nSPS) is 15.5. The average molecular weight is 356 g/mol. The van der Waals surface area contributed by atoms with Crippen LogP contribution < -0.4 is 5.32 Å². The van der Waals surface area contributed by atoms with Crippen molar-refractivity contribution in [3.63, 3.8) is 0 Å². The number of carboxylic acid groups (broad SMARTS) is 1. The number of hydrogen-bond acceptors (Lipinski definition) is 6. The van der Waals surface area contributed by atoms with Crippen LogP contribution >= 0.6 is 0 Å². The van der Waals surface area contributed by atoms with Crippen LogP contribution in [-0.4, -0.2) is 42.6 Å². The van der Waals surface area contributed by atoms with Crippen molar-refractivity contribution >= 4 is 27.4 Å². The Morgan fingerprint density at radius 1 is 1.38 bits per heavy atom. The Bertz CT molecular complexity index is 799. The Balaban J connectivity index is 2.31. The molecule has 1 aliphatic carbocycles. The first-order valence-corrected chi connectivity index (χ1v) is 9.00. The van der Waals surface area contributed by atoms with E-state index < -0.39 is 38.4 Å². The van der Waals surface area contributed by atoms with Gasteiger partial charge in [-0.25, -0.2) is 13.2 Å². The van der Waals surface area contributed by atoms with Crippen LogP contribution in [0.15, 0.2) is 23.1 Å². The van der Waals surface area contributed by atoms with Gasteiger partial charge in [0.1, 0.15) is 6.04 Å². The minimum Gasteiger partial charge on any atom is -0.480 e. The first-order valence-electron chi connectivity index (χ1n) is 7.11. The predicted molar refractivity (Wildman–Crippen MR) is 82.4 cm³/mol. The maximum atomic E-state index is 12.2. The minimum atomic E-state index is -3.77. The van der Waals surface area contributed by atoms with Gasteiger partial charge in [-0.15, -0.1) is 0 Å². The highest BCUT2D eigenvalue weighted by Crippen LogP contribution is 2.33. The van der Waals surface area contributed by atoms with Gasteiger partial charge in [0, 0.05) is 24.0 Å². The summed E-state index contributed by atoms with van der Waals surface area (Å²) in [5, 5.41) is 22.4. The van der Waals surface area contributed by atoms with E-state index in [4.69, 9.17) is 5.11 Å². The predicted octanol–water partition coefficient (Wildman–Crippen LogP) is 0.981. The zero-order chi connectivity index (χ0) is 18.1. The summed E-state index contributed by atoms with van der Waals surface area (Å²) in [5.74, 6) is -1.83. The van der Waals surface area contributed by atoms with Crippen LogP contribution in [0.1, 0.15) is 29.6 Å². The van der Waals surface area contributed by atoms with Gasteiger partial charge in [-0.3, -0.25) is 14.9 Å². The Hall–Kier alpha value is -2.49. The standard InChI is InChI=1S/C14H16N2O7S/c1-24(22,23)11-6-9(5-10(7-11)16(20)21)13(17)15-12(14(18)19)4-8-2-3-8/h5-8,12H,2-4H2,1H3,(H,15,17)(H,18,19). The van der Waals surface area contributed by atoms with E-state index in [0.717, 1.165) is 37.3 Å². The second-order valence-electron chi connectivity index (χ2n) is 5.79. The monoisotopic (exact) mass is 356 g/mol. The number of aliphatic carboxylic acids is 1. The zero-order valence-electron chi connectivity index (χ0n) is 12.8. The molecule has 0 aromatic heterocycles. The number of nitro groups is 1. The van der Waals surface area contributed by atoms with Gasteiger partial charge in [0.25, 0.3) is 11.6 Å². The summed E-state index contributed by atoms with van der Waals surface area (Å²) < 4.78 is 23.2. The van der Waals surface area contributed by atoms with E-state index in [2.05, 4.69) is 5.32 Å². The molecule has 1 aromatic carbocycles. The molecule has 0 saturated heterocycles. The highest BCUT2D eigenvalue weighted by molar-refractivity contribution is 7.90. The molecule has 0 radical (unpaired) electrons. The molecule has 10 heteroatoms. The maximum absolute atomic E-state index is 12.2. The number of nitro benzene ring substituents is 1. The van der Waals surface area contributed by atoms with Gasteiger partial charge in [0.2, 0.25) is 0 Å². The molecule has 1 aliphatic rings. The Kier molecular flexibility index (Phi) is 4.88. The van der Waals surface area contributed by atoms with Crippen molar-refractivity contribution in [2.75, 3.05) is 6.26 Å². The molecule has 1 amide bonds. The first kappa shape index (κ1) is 17.9. The number of carbonyl (C=O) groups excluding carboxylic acids is 1. The molecule has 1 unspecified atom stereocenters. The topological polar surface area (TPSA) is 144 Å². The number of non-ortho nitro benzene ring substituents is 1. The van der Waals surface area contributed by atoms with E-state index >= 15 is 0 Å². The number of rotatable bonds is 7. The Labute approximate surface area is 137 Å². The second-order valence-corrected chi connectivity index (χ2v) is 7.80. The smallest absolute Gasteiger partial charge is 0.326 e. The third-order valence-electron chi connectivity index (χ3n) is 3.66. The summed E-state index contributed by atoms with van der Waals surface area (Å²) in [7, 11) is -3.77. The molecule has 9 nitrogen and oxygen atoms in total. The fourth-order valence-corrected chi connectivity index (χ4v) is 2.86. The van der Waals surface area contributed by atoms with E-state index in [0.29, 0.717) is 0 Å². The fourth-order valence-electron chi connectivity index (χ4n) is 2.18. The highest BCUT2D eigenvalue weighted by Gasteiger charge is 2.31. The van der Waals surface area contributed by atoms with Gasteiger partial charge < -0.3 is 10.4 Å². The minimum absolute atomic E-state index is 0.239. The molecule has 24 heavy (non-hydrogen) atoms. The number of carboxylic acids is 1. The lowest BCUT2D eigenvalue weighted by Crippen LogP contribution is -2.41. The van der Waals surface area contributed by atoms with Crippen LogP contribution in [0.5, 0.6) is 0 Å². The molecule has 0 aliphatic heterocycles. The average Bonchev–Trinajstić information content (AvgIpc) is 3.28. The van der Waals surface area contributed by atoms with Crippen LogP contribution in [0, 0.1) is 16.0 Å². The molecular weight excluding hydrogens is 340 g/mol. The molecule has 1 aromatic rings. The van der Waals surface area contributed by atoms with Crippen molar-refractivity contribution in [2.24, 2.45) is 5.92 Å². The van der Waals surface area contributed by atoms with Crippen LogP contribution in [-0.2, 0) is 14.6 Å². The number of hydrogen-bond donors (Lipinski definition) is 2. The molecule has 1 saturated carbocycles. The molecule has 1 atom stereocenters. The SMILES string of the molecule is CS(=O)(=O)c1cc(C(=O)NC(CC2CC2)C(=O)O)cc([N+](=O)[O-])c1. The van der Waals surface area contributed by atoms with Crippen LogP contribution in [0.4, 0.5) is 5.69 Å². The molecule has 2 rings (SSSR count). The molecule has 0 heterocycles. The maximum Gasteiger partial charge on any atom is 0.326 e. The summed E-state index contributed by atoms with van der Waals surface area (Å²) in [4.78, 5) is 33.2. The van der Waals surface area contributed by atoms with E-state index in [1.54, 1.807) is 0 Å². The van der Waals surface area contributed by atoms with Gasteiger partial charge in [-0.05, 0) is 18.4 Å². The lowest BCUT2D eigenvalue weighted by atomic mass is 10.1. The van der Waals surface area contributed by atoms with Crippen molar-refractivity contribution in [3.8, 4) is 0 Å². The van der Waals surface area contributed by atoms with Crippen LogP contribution in [0.3, 0.4) is 0 Å². The van der Waals surface area contributed by atoms with Gasteiger partial charge in [0.05, 0.1) is 9.82 Å². The second kappa shape index (κ2) is 6.56. The van der Waals surface area contributed by atoms with Gasteiger partial charge >= 0.3 is 5.97 Å². The highest BCUT2D eigenvalue weighted by atomic mass is 32.2.